The van der Waals surface area contributed by atoms with Gasteiger partial charge in [-0.3, -0.25) is 15.0 Å². The molecule has 0 radical (unpaired) electrons. The van der Waals surface area contributed by atoms with E-state index in [4.69, 9.17) is 9.47 Å². The summed E-state index contributed by atoms with van der Waals surface area (Å²) in [5.74, 6) is -0.177. The van der Waals surface area contributed by atoms with Gasteiger partial charge in [-0.05, 0) is 66.9 Å². The predicted molar refractivity (Wildman–Crippen MR) is 129 cm³/mol. The largest absolute Gasteiger partial charge is 0.494 e. The van der Waals surface area contributed by atoms with E-state index >= 15 is 0 Å². The Balaban J connectivity index is 1.53. The number of aryl methyl sites for hydroxylation is 1. The lowest BCUT2D eigenvalue weighted by atomic mass is 10.1. The lowest BCUT2D eigenvalue weighted by Gasteiger charge is -2.09. The van der Waals surface area contributed by atoms with E-state index in [1.165, 1.54) is 24.3 Å². The van der Waals surface area contributed by atoms with Crippen molar-refractivity contribution in [3.8, 4) is 11.5 Å². The van der Waals surface area contributed by atoms with Crippen molar-refractivity contribution in [1.82, 2.24) is 10.7 Å². The molecular weight excluding hydrogens is 451 g/mol. The van der Waals surface area contributed by atoms with Gasteiger partial charge in [-0.2, -0.15) is 0 Å². The summed E-state index contributed by atoms with van der Waals surface area (Å²) in [5.41, 5.74) is 4.89. The van der Waals surface area contributed by atoms with Crippen LogP contribution < -0.4 is 20.2 Å². The molecule has 0 saturated carbocycles. The third-order valence-electron chi connectivity index (χ3n) is 4.81. The molecule has 0 atom stereocenters. The number of ether oxygens (including phenoxy) is 2. The molecule has 3 rings (SSSR count). The minimum Gasteiger partial charge on any atom is -0.494 e. The van der Waals surface area contributed by atoms with Crippen LogP contribution >= 0.6 is 0 Å². The number of halogens is 1. The number of benzene rings is 3. The lowest BCUT2D eigenvalue weighted by Crippen LogP contribution is -2.31. The molecule has 3 aromatic carbocycles. The number of nitrogens with zero attached hydrogens (tertiary/aromatic N) is 2. The van der Waals surface area contributed by atoms with Crippen molar-refractivity contribution in [3.05, 3.63) is 89.7 Å². The highest BCUT2D eigenvalue weighted by atomic mass is 19.1. The number of nitrogens with one attached hydrogen (secondary N) is 2. The zero-order valence-electron chi connectivity index (χ0n) is 19.4. The van der Waals surface area contributed by atoms with Gasteiger partial charge in [0, 0.05) is 6.54 Å². The van der Waals surface area contributed by atoms with E-state index in [9.17, 15) is 14.0 Å². The van der Waals surface area contributed by atoms with Crippen LogP contribution in [0.2, 0.25) is 0 Å². The van der Waals surface area contributed by atoms with Crippen LogP contribution in [0.25, 0.3) is 0 Å². The highest BCUT2D eigenvalue weighted by Crippen LogP contribution is 2.26. The zero-order chi connectivity index (χ0) is 24.9. The van der Waals surface area contributed by atoms with Gasteiger partial charge in [0.05, 0.1) is 18.7 Å². The second-order valence-corrected chi connectivity index (χ2v) is 7.45. The van der Waals surface area contributed by atoms with Gasteiger partial charge >= 0.3 is 5.97 Å². The van der Waals surface area contributed by atoms with Crippen molar-refractivity contribution >= 4 is 17.6 Å². The standard InChI is InChI=1S/C26H27FN4O4/c1-2-34-23-13-14-24(30-31-29-18-25(32)28-17-19-6-4-3-5-7-19)20(16-23)8-15-26(33)35-22-11-9-21(27)10-12-22/h3-7,9-14,16H,2,8,15,17-18H2,1H3,(H,28,32)(H,29,30). The summed E-state index contributed by atoms with van der Waals surface area (Å²) in [5, 5.41) is 10.8. The normalized spacial score (nSPS) is 10.7. The Labute approximate surface area is 203 Å². The molecule has 3 aromatic rings. The second kappa shape index (κ2) is 13.4. The summed E-state index contributed by atoms with van der Waals surface area (Å²) >= 11 is 0. The number of hydrogen-bond acceptors (Lipinski definition) is 6. The number of hydrogen-bond donors (Lipinski definition) is 2. The van der Waals surface area contributed by atoms with E-state index in [1.54, 1.807) is 18.2 Å². The molecule has 0 aliphatic heterocycles. The Bertz CT molecular complexity index is 1140. The molecule has 0 bridgehead atoms. The van der Waals surface area contributed by atoms with Gasteiger partial charge in [0.15, 0.2) is 0 Å². The van der Waals surface area contributed by atoms with Crippen LogP contribution in [0, 0.1) is 5.82 Å². The Morgan fingerprint density at radius 2 is 1.71 bits per heavy atom. The predicted octanol–water partition coefficient (Wildman–Crippen LogP) is 4.67. The molecule has 35 heavy (non-hydrogen) atoms. The average molecular weight is 479 g/mol. The quantitative estimate of drug-likeness (QED) is 0.171. The van der Waals surface area contributed by atoms with Gasteiger partial charge in [-0.15, -0.1) is 5.11 Å². The van der Waals surface area contributed by atoms with Crippen molar-refractivity contribution in [1.29, 1.82) is 0 Å². The van der Waals surface area contributed by atoms with Crippen LogP contribution in [-0.2, 0) is 22.6 Å². The van der Waals surface area contributed by atoms with Crippen LogP contribution in [0.5, 0.6) is 11.5 Å². The van der Waals surface area contributed by atoms with Crippen LogP contribution in [0.15, 0.2) is 83.1 Å². The Kier molecular flexibility index (Phi) is 9.74. The van der Waals surface area contributed by atoms with Crippen LogP contribution in [0.3, 0.4) is 0 Å². The van der Waals surface area contributed by atoms with E-state index < -0.39 is 11.8 Å². The van der Waals surface area contributed by atoms with E-state index in [0.717, 1.165) is 11.1 Å². The van der Waals surface area contributed by atoms with Crippen molar-refractivity contribution in [2.45, 2.75) is 26.3 Å². The van der Waals surface area contributed by atoms with Crippen LogP contribution in [0.1, 0.15) is 24.5 Å². The van der Waals surface area contributed by atoms with Crippen molar-refractivity contribution < 1.29 is 23.5 Å². The van der Waals surface area contributed by atoms with Gasteiger partial charge in [0.1, 0.15) is 23.9 Å². The molecule has 0 heterocycles. The molecular formula is C26H27FN4O4. The average Bonchev–Trinajstić information content (AvgIpc) is 2.87. The first-order valence-electron chi connectivity index (χ1n) is 11.2. The maximum absolute atomic E-state index is 13.0. The summed E-state index contributed by atoms with van der Waals surface area (Å²) in [7, 11) is 0. The van der Waals surface area contributed by atoms with Gasteiger partial charge in [-0.25, -0.2) is 4.39 Å². The number of carbonyl (C=O) groups excluding carboxylic acids is 2. The molecule has 0 unspecified atom stereocenters. The first kappa shape index (κ1) is 25.4. The summed E-state index contributed by atoms with van der Waals surface area (Å²) in [4.78, 5) is 24.2. The number of esters is 1. The molecule has 0 aliphatic carbocycles. The van der Waals surface area contributed by atoms with Crippen molar-refractivity contribution in [3.63, 3.8) is 0 Å². The van der Waals surface area contributed by atoms with Crippen LogP contribution in [-0.4, -0.2) is 25.0 Å². The maximum Gasteiger partial charge on any atom is 0.311 e. The molecule has 2 N–H and O–H groups in total. The van der Waals surface area contributed by atoms with Gasteiger partial charge in [-0.1, -0.05) is 35.6 Å². The zero-order valence-corrected chi connectivity index (χ0v) is 19.4. The SMILES string of the molecule is CCOc1ccc(/N=N\NCC(=O)NCc2ccccc2)c(CCC(=O)Oc2ccc(F)cc2)c1. The number of amides is 1. The summed E-state index contributed by atoms with van der Waals surface area (Å²) in [6, 6.07) is 20.1. The first-order chi connectivity index (χ1) is 17.0. The van der Waals surface area contributed by atoms with Crippen molar-refractivity contribution in [2.24, 2.45) is 10.3 Å². The minimum absolute atomic E-state index is 0.0350. The van der Waals surface area contributed by atoms with E-state index in [0.29, 0.717) is 31.0 Å². The molecule has 0 saturated heterocycles. The van der Waals surface area contributed by atoms with E-state index in [2.05, 4.69) is 21.1 Å². The molecule has 0 aliphatic rings. The molecule has 8 nitrogen and oxygen atoms in total. The monoisotopic (exact) mass is 478 g/mol. The molecule has 182 valence electrons. The summed E-state index contributed by atoms with van der Waals surface area (Å²) < 4.78 is 23.8. The maximum atomic E-state index is 13.0. The Hall–Kier alpha value is -4.27. The second-order valence-electron chi connectivity index (χ2n) is 7.45. The van der Waals surface area contributed by atoms with E-state index in [1.807, 2.05) is 37.3 Å². The number of carbonyl (C=O) groups is 2. The fourth-order valence-corrected chi connectivity index (χ4v) is 3.09. The van der Waals surface area contributed by atoms with E-state index in [-0.39, 0.29) is 24.6 Å². The third kappa shape index (κ3) is 8.88. The van der Waals surface area contributed by atoms with Gasteiger partial charge in [0.2, 0.25) is 5.91 Å². The van der Waals surface area contributed by atoms with Gasteiger partial charge < -0.3 is 14.8 Å². The molecule has 0 spiro atoms. The first-order valence-corrected chi connectivity index (χ1v) is 11.2. The van der Waals surface area contributed by atoms with Crippen LogP contribution in [0.4, 0.5) is 10.1 Å². The molecule has 9 heteroatoms. The number of rotatable bonds is 12. The topological polar surface area (TPSA) is 101 Å². The highest BCUT2D eigenvalue weighted by molar-refractivity contribution is 5.77. The Morgan fingerprint density at radius 3 is 2.46 bits per heavy atom. The fourth-order valence-electron chi connectivity index (χ4n) is 3.09. The third-order valence-corrected chi connectivity index (χ3v) is 4.81. The Morgan fingerprint density at radius 1 is 0.971 bits per heavy atom. The fraction of sp³-hybridized carbons (Fsp3) is 0.231. The smallest absolute Gasteiger partial charge is 0.311 e. The van der Waals surface area contributed by atoms with Crippen molar-refractivity contribution in [2.75, 3.05) is 13.2 Å². The molecule has 0 fully saturated rings. The lowest BCUT2D eigenvalue weighted by molar-refractivity contribution is -0.134. The summed E-state index contributed by atoms with van der Waals surface area (Å²) in [6.07, 6.45) is 0.400. The summed E-state index contributed by atoms with van der Waals surface area (Å²) in [6.45, 7) is 2.76. The molecule has 0 aromatic heterocycles. The van der Waals surface area contributed by atoms with Gasteiger partial charge in [0.25, 0.3) is 0 Å². The highest BCUT2D eigenvalue weighted by Gasteiger charge is 2.10. The molecule has 1 amide bonds. The minimum atomic E-state index is -0.463.